The van der Waals surface area contributed by atoms with Crippen molar-refractivity contribution in [2.75, 3.05) is 6.54 Å². The van der Waals surface area contributed by atoms with E-state index in [-0.39, 0.29) is 17.7 Å². The summed E-state index contributed by atoms with van der Waals surface area (Å²) in [6, 6.07) is 7.17. The van der Waals surface area contributed by atoms with Gasteiger partial charge in [0.15, 0.2) is 0 Å². The zero-order chi connectivity index (χ0) is 21.0. The number of carboxylic acids is 2. The Labute approximate surface area is 171 Å². The van der Waals surface area contributed by atoms with Crippen LogP contribution in [0.1, 0.15) is 44.6 Å². The zero-order valence-corrected chi connectivity index (χ0v) is 16.8. The van der Waals surface area contributed by atoms with Gasteiger partial charge in [0.05, 0.1) is 6.04 Å². The molecule has 2 fully saturated rings. The summed E-state index contributed by atoms with van der Waals surface area (Å²) in [6.45, 7) is 2.08. The molecule has 2 aliphatic rings. The number of hydrogen-bond acceptors (Lipinski definition) is 4. The third-order valence-corrected chi connectivity index (χ3v) is 6.36. The first-order valence-electron chi connectivity index (χ1n) is 10.4. The Kier molecular flexibility index (Phi) is 6.90. The molecule has 1 saturated carbocycles. The first kappa shape index (κ1) is 21.3. The lowest BCUT2D eigenvalue weighted by molar-refractivity contribution is -0.151. The van der Waals surface area contributed by atoms with Crippen LogP contribution in [-0.2, 0) is 20.8 Å². The predicted octanol–water partition coefficient (Wildman–Crippen LogP) is 2.15. The molecule has 158 valence electrons. The van der Waals surface area contributed by atoms with Gasteiger partial charge in [0.2, 0.25) is 5.91 Å². The fourth-order valence-corrected chi connectivity index (χ4v) is 4.88. The number of aliphatic carboxylic acids is 2. The lowest BCUT2D eigenvalue weighted by Gasteiger charge is -2.29. The second-order valence-corrected chi connectivity index (χ2v) is 8.29. The SMILES string of the molecule is C[C@H](NC(CCc1ccccc1)C(=O)O)C(=O)N1CC2CCCCC2[C@H]1C(=O)O. The van der Waals surface area contributed by atoms with E-state index in [1.807, 2.05) is 30.3 Å². The molecule has 1 aliphatic carbocycles. The van der Waals surface area contributed by atoms with Gasteiger partial charge in [0, 0.05) is 6.54 Å². The summed E-state index contributed by atoms with van der Waals surface area (Å²) in [4.78, 5) is 38.1. The van der Waals surface area contributed by atoms with Crippen LogP contribution in [0.5, 0.6) is 0 Å². The topological polar surface area (TPSA) is 107 Å². The summed E-state index contributed by atoms with van der Waals surface area (Å²) in [5, 5.41) is 22.2. The lowest BCUT2D eigenvalue weighted by atomic mass is 9.78. The molecule has 1 aromatic carbocycles. The van der Waals surface area contributed by atoms with Crippen LogP contribution in [0.4, 0.5) is 0 Å². The molecule has 0 spiro atoms. The normalized spacial score (nSPS) is 25.8. The maximum atomic E-state index is 13.0. The van der Waals surface area contributed by atoms with Gasteiger partial charge in [0.1, 0.15) is 12.1 Å². The highest BCUT2D eigenvalue weighted by Crippen LogP contribution is 2.40. The van der Waals surface area contributed by atoms with Crippen molar-refractivity contribution in [3.8, 4) is 0 Å². The minimum atomic E-state index is -1.01. The minimum Gasteiger partial charge on any atom is -0.480 e. The Morgan fingerprint density at radius 3 is 2.48 bits per heavy atom. The van der Waals surface area contributed by atoms with Gasteiger partial charge in [-0.05, 0) is 50.0 Å². The largest absolute Gasteiger partial charge is 0.480 e. The average molecular weight is 402 g/mol. The van der Waals surface area contributed by atoms with Crippen LogP contribution in [0.25, 0.3) is 0 Å². The summed E-state index contributed by atoms with van der Waals surface area (Å²) in [6.07, 6.45) is 4.80. The number of carbonyl (C=O) groups is 3. The van der Waals surface area contributed by atoms with Crippen molar-refractivity contribution in [1.82, 2.24) is 10.2 Å². The quantitative estimate of drug-likeness (QED) is 0.615. The molecule has 5 atom stereocenters. The molecule has 1 saturated heterocycles. The summed E-state index contributed by atoms with van der Waals surface area (Å²) < 4.78 is 0. The molecular formula is C22H30N2O5. The molecule has 1 aromatic rings. The number of amides is 1. The second-order valence-electron chi connectivity index (χ2n) is 8.29. The van der Waals surface area contributed by atoms with Gasteiger partial charge in [0.25, 0.3) is 0 Å². The van der Waals surface area contributed by atoms with Crippen LogP contribution >= 0.6 is 0 Å². The van der Waals surface area contributed by atoms with Gasteiger partial charge in [-0.15, -0.1) is 0 Å². The lowest BCUT2D eigenvalue weighted by Crippen LogP contribution is -2.53. The molecule has 0 bridgehead atoms. The molecule has 7 nitrogen and oxygen atoms in total. The number of rotatable bonds is 8. The molecule has 3 N–H and O–H groups in total. The van der Waals surface area contributed by atoms with E-state index in [0.717, 1.165) is 31.2 Å². The average Bonchev–Trinajstić information content (AvgIpc) is 3.10. The molecule has 0 aromatic heterocycles. The third-order valence-electron chi connectivity index (χ3n) is 6.36. The number of fused-ring (bicyclic) bond motifs is 1. The second kappa shape index (κ2) is 9.39. The summed E-state index contributed by atoms with van der Waals surface area (Å²) in [5.41, 5.74) is 1.04. The van der Waals surface area contributed by atoms with Crippen molar-refractivity contribution in [3.63, 3.8) is 0 Å². The van der Waals surface area contributed by atoms with E-state index < -0.39 is 30.1 Å². The Morgan fingerprint density at radius 1 is 1.14 bits per heavy atom. The zero-order valence-electron chi connectivity index (χ0n) is 16.8. The number of carbonyl (C=O) groups excluding carboxylic acids is 1. The molecule has 1 aliphatic heterocycles. The van der Waals surface area contributed by atoms with Gasteiger partial charge in [-0.25, -0.2) is 4.79 Å². The first-order chi connectivity index (χ1) is 13.9. The van der Waals surface area contributed by atoms with Crippen LogP contribution in [0.3, 0.4) is 0 Å². The van der Waals surface area contributed by atoms with Gasteiger partial charge in [-0.2, -0.15) is 0 Å². The van der Waals surface area contributed by atoms with Gasteiger partial charge >= 0.3 is 11.9 Å². The van der Waals surface area contributed by atoms with Crippen molar-refractivity contribution in [3.05, 3.63) is 35.9 Å². The maximum Gasteiger partial charge on any atom is 0.326 e. The Balaban J connectivity index is 1.64. The monoisotopic (exact) mass is 402 g/mol. The van der Waals surface area contributed by atoms with Crippen LogP contribution in [0.15, 0.2) is 30.3 Å². The number of carboxylic acid groups (broad SMARTS) is 2. The number of nitrogens with one attached hydrogen (secondary N) is 1. The highest BCUT2D eigenvalue weighted by atomic mass is 16.4. The molecular weight excluding hydrogens is 372 g/mol. The smallest absolute Gasteiger partial charge is 0.326 e. The van der Waals surface area contributed by atoms with E-state index in [0.29, 0.717) is 19.4 Å². The van der Waals surface area contributed by atoms with E-state index in [9.17, 15) is 24.6 Å². The van der Waals surface area contributed by atoms with Crippen molar-refractivity contribution >= 4 is 17.8 Å². The number of hydrogen-bond donors (Lipinski definition) is 3. The van der Waals surface area contributed by atoms with E-state index in [1.165, 1.54) is 4.90 Å². The van der Waals surface area contributed by atoms with Crippen molar-refractivity contribution < 1.29 is 24.6 Å². The van der Waals surface area contributed by atoms with Crippen LogP contribution in [0, 0.1) is 11.8 Å². The molecule has 7 heteroatoms. The summed E-state index contributed by atoms with van der Waals surface area (Å²) in [5.74, 6) is -2.05. The van der Waals surface area contributed by atoms with Crippen molar-refractivity contribution in [2.24, 2.45) is 11.8 Å². The van der Waals surface area contributed by atoms with Crippen LogP contribution in [0.2, 0.25) is 0 Å². The third kappa shape index (κ3) is 4.96. The van der Waals surface area contributed by atoms with Crippen molar-refractivity contribution in [1.29, 1.82) is 0 Å². The summed E-state index contributed by atoms with van der Waals surface area (Å²) >= 11 is 0. The van der Waals surface area contributed by atoms with Gasteiger partial charge in [-0.3, -0.25) is 14.9 Å². The van der Waals surface area contributed by atoms with Crippen molar-refractivity contribution in [2.45, 2.75) is 63.6 Å². The Hall–Kier alpha value is -2.41. The fraction of sp³-hybridized carbons (Fsp3) is 0.591. The Morgan fingerprint density at radius 2 is 1.83 bits per heavy atom. The highest BCUT2D eigenvalue weighted by Gasteiger charge is 2.49. The molecule has 1 heterocycles. The van der Waals surface area contributed by atoms with Crippen LogP contribution < -0.4 is 5.32 Å². The molecule has 1 amide bonds. The fourth-order valence-electron chi connectivity index (χ4n) is 4.88. The molecule has 29 heavy (non-hydrogen) atoms. The number of aryl methyl sites for hydroxylation is 1. The van der Waals surface area contributed by atoms with Gasteiger partial charge < -0.3 is 15.1 Å². The number of likely N-dealkylation sites (tertiary alicyclic amines) is 1. The Bertz CT molecular complexity index is 738. The minimum absolute atomic E-state index is 0.00533. The predicted molar refractivity (Wildman–Crippen MR) is 107 cm³/mol. The maximum absolute atomic E-state index is 13.0. The first-order valence-corrected chi connectivity index (χ1v) is 10.4. The molecule has 0 radical (unpaired) electrons. The highest BCUT2D eigenvalue weighted by molar-refractivity contribution is 5.88. The summed E-state index contributed by atoms with van der Waals surface area (Å²) in [7, 11) is 0. The standard InChI is InChI=1S/C22H30N2O5/c1-14(23-18(21(26)27)12-11-15-7-3-2-4-8-15)20(25)24-13-16-9-5-6-10-17(16)19(24)22(28)29/h2-4,7-8,14,16-19,23H,5-6,9-13H2,1H3,(H,26,27)(H,28,29)/t14-,16?,17?,18?,19-/m0/s1. The van der Waals surface area contributed by atoms with E-state index in [1.54, 1.807) is 6.92 Å². The van der Waals surface area contributed by atoms with Crippen LogP contribution in [-0.4, -0.2) is 57.6 Å². The van der Waals surface area contributed by atoms with E-state index in [4.69, 9.17) is 0 Å². The van der Waals surface area contributed by atoms with E-state index >= 15 is 0 Å². The molecule has 3 rings (SSSR count). The van der Waals surface area contributed by atoms with E-state index in [2.05, 4.69) is 5.32 Å². The number of nitrogens with zero attached hydrogens (tertiary/aromatic N) is 1. The number of benzene rings is 1. The molecule has 3 unspecified atom stereocenters. The van der Waals surface area contributed by atoms with Gasteiger partial charge in [-0.1, -0.05) is 43.2 Å².